The van der Waals surface area contributed by atoms with Crippen LogP contribution in [0.1, 0.15) is 26.3 Å². The molecule has 2 aromatic carbocycles. The minimum Gasteiger partial charge on any atom is -0.508 e. The summed E-state index contributed by atoms with van der Waals surface area (Å²) in [6.45, 7) is 1.70. The predicted molar refractivity (Wildman–Crippen MR) is 79.2 cm³/mol. The Morgan fingerprint density at radius 3 is 2.52 bits per heavy atom. The van der Waals surface area contributed by atoms with Crippen molar-refractivity contribution in [1.82, 2.24) is 0 Å². The molecule has 108 valence electrons. The second-order valence-corrected chi connectivity index (χ2v) is 4.81. The Balaban J connectivity index is 2.36. The van der Waals surface area contributed by atoms with Crippen LogP contribution in [0.3, 0.4) is 0 Å². The van der Waals surface area contributed by atoms with Crippen molar-refractivity contribution in [3.63, 3.8) is 0 Å². The highest BCUT2D eigenvalue weighted by atomic mass is 35.5. The molecule has 0 fully saturated rings. The number of rotatable bonds is 3. The van der Waals surface area contributed by atoms with Gasteiger partial charge in [0.05, 0.1) is 11.3 Å². The van der Waals surface area contributed by atoms with Gasteiger partial charge in [0.1, 0.15) is 5.75 Å². The second-order valence-electron chi connectivity index (χ2n) is 4.40. The molecule has 0 aliphatic heterocycles. The monoisotopic (exact) mass is 305 g/mol. The van der Waals surface area contributed by atoms with Crippen LogP contribution in [0.25, 0.3) is 0 Å². The highest BCUT2D eigenvalue weighted by Crippen LogP contribution is 2.24. The third kappa shape index (κ3) is 3.14. The minimum absolute atomic E-state index is 0.102. The zero-order valence-electron chi connectivity index (χ0n) is 11.1. The van der Waals surface area contributed by atoms with E-state index in [0.717, 1.165) is 6.07 Å². The molecule has 0 saturated carbocycles. The van der Waals surface area contributed by atoms with Gasteiger partial charge in [-0.25, -0.2) is 4.79 Å². The average molecular weight is 306 g/mol. The molecule has 0 aliphatic carbocycles. The number of carboxylic acid groups (broad SMARTS) is 1. The summed E-state index contributed by atoms with van der Waals surface area (Å²) < 4.78 is 0. The van der Waals surface area contributed by atoms with Gasteiger partial charge in [-0.2, -0.15) is 0 Å². The van der Waals surface area contributed by atoms with Gasteiger partial charge < -0.3 is 15.5 Å². The summed E-state index contributed by atoms with van der Waals surface area (Å²) in [5, 5.41) is 21.4. The van der Waals surface area contributed by atoms with Crippen LogP contribution in [-0.2, 0) is 0 Å². The number of phenolic OH excluding ortho intramolecular Hbond substituents is 1. The van der Waals surface area contributed by atoms with E-state index in [1.165, 1.54) is 12.1 Å². The van der Waals surface area contributed by atoms with E-state index >= 15 is 0 Å². The lowest BCUT2D eigenvalue weighted by Crippen LogP contribution is -2.16. The number of carboxylic acids is 1. The van der Waals surface area contributed by atoms with Gasteiger partial charge in [-0.1, -0.05) is 17.7 Å². The van der Waals surface area contributed by atoms with Gasteiger partial charge in [-0.3, -0.25) is 4.79 Å². The van der Waals surface area contributed by atoms with Crippen LogP contribution >= 0.6 is 11.6 Å². The molecule has 5 nitrogen and oxygen atoms in total. The number of benzene rings is 2. The maximum Gasteiger partial charge on any atom is 0.337 e. The van der Waals surface area contributed by atoms with Crippen LogP contribution in [0.5, 0.6) is 5.75 Å². The van der Waals surface area contributed by atoms with Gasteiger partial charge in [-0.05, 0) is 42.8 Å². The first-order valence-electron chi connectivity index (χ1n) is 6.03. The molecule has 2 aromatic rings. The fourth-order valence-corrected chi connectivity index (χ4v) is 2.04. The van der Waals surface area contributed by atoms with Crippen LogP contribution in [-0.4, -0.2) is 22.1 Å². The van der Waals surface area contributed by atoms with Gasteiger partial charge in [-0.15, -0.1) is 0 Å². The molecule has 0 atom stereocenters. The number of anilines is 1. The van der Waals surface area contributed by atoms with E-state index in [1.807, 2.05) is 0 Å². The highest BCUT2D eigenvalue weighted by molar-refractivity contribution is 6.32. The molecule has 2 rings (SSSR count). The summed E-state index contributed by atoms with van der Waals surface area (Å²) in [4.78, 5) is 23.4. The Kier molecular flexibility index (Phi) is 4.14. The molecular formula is C15H12ClNO4. The smallest absolute Gasteiger partial charge is 0.337 e. The topological polar surface area (TPSA) is 86.6 Å². The molecule has 0 spiro atoms. The standard InChI is InChI=1S/C15H12ClNO4/c1-8-10(3-2-4-12(8)16)14(19)17-13-6-5-9(18)7-11(13)15(20)21/h2-7,18H,1H3,(H,17,19)(H,20,21). The van der Waals surface area contributed by atoms with Crippen molar-refractivity contribution in [3.8, 4) is 5.75 Å². The van der Waals surface area contributed by atoms with Crippen molar-refractivity contribution in [1.29, 1.82) is 0 Å². The van der Waals surface area contributed by atoms with Crippen LogP contribution < -0.4 is 5.32 Å². The first-order valence-corrected chi connectivity index (χ1v) is 6.40. The molecule has 3 N–H and O–H groups in total. The van der Waals surface area contributed by atoms with Gasteiger partial charge in [0.15, 0.2) is 0 Å². The summed E-state index contributed by atoms with van der Waals surface area (Å²) >= 11 is 5.96. The number of aromatic carboxylic acids is 1. The first kappa shape index (κ1) is 14.9. The number of carbonyl (C=O) groups is 2. The van der Waals surface area contributed by atoms with Gasteiger partial charge >= 0.3 is 5.97 Å². The number of aromatic hydroxyl groups is 1. The fraction of sp³-hybridized carbons (Fsp3) is 0.0667. The van der Waals surface area contributed by atoms with Gasteiger partial charge in [0, 0.05) is 10.6 Å². The normalized spacial score (nSPS) is 10.2. The number of amides is 1. The maximum absolute atomic E-state index is 12.2. The number of halogens is 1. The summed E-state index contributed by atoms with van der Waals surface area (Å²) in [6, 6.07) is 8.60. The van der Waals surface area contributed by atoms with Gasteiger partial charge in [0.25, 0.3) is 5.91 Å². The molecule has 0 radical (unpaired) electrons. The summed E-state index contributed by atoms with van der Waals surface area (Å²) in [6.07, 6.45) is 0. The van der Waals surface area contributed by atoms with E-state index in [0.29, 0.717) is 16.1 Å². The van der Waals surface area contributed by atoms with Crippen molar-refractivity contribution >= 4 is 29.2 Å². The Hall–Kier alpha value is -2.53. The third-order valence-electron chi connectivity index (χ3n) is 2.99. The second kappa shape index (κ2) is 5.85. The highest BCUT2D eigenvalue weighted by Gasteiger charge is 2.16. The van der Waals surface area contributed by atoms with Crippen molar-refractivity contribution < 1.29 is 19.8 Å². The largest absolute Gasteiger partial charge is 0.508 e. The van der Waals surface area contributed by atoms with Crippen molar-refractivity contribution in [2.24, 2.45) is 0 Å². The van der Waals surface area contributed by atoms with Crippen LogP contribution in [0.2, 0.25) is 5.02 Å². The van der Waals surface area contributed by atoms with Crippen LogP contribution in [0, 0.1) is 6.92 Å². The number of phenols is 1. The van der Waals surface area contributed by atoms with E-state index in [4.69, 9.17) is 16.7 Å². The average Bonchev–Trinajstić information content (AvgIpc) is 2.43. The zero-order chi connectivity index (χ0) is 15.6. The zero-order valence-corrected chi connectivity index (χ0v) is 11.8. The Morgan fingerprint density at radius 2 is 1.86 bits per heavy atom. The van der Waals surface area contributed by atoms with Crippen LogP contribution in [0.15, 0.2) is 36.4 Å². The number of hydrogen-bond acceptors (Lipinski definition) is 3. The Bertz CT molecular complexity index is 728. The minimum atomic E-state index is -1.25. The molecule has 6 heteroatoms. The third-order valence-corrected chi connectivity index (χ3v) is 3.40. The van der Waals surface area contributed by atoms with Gasteiger partial charge in [0.2, 0.25) is 0 Å². The quantitative estimate of drug-likeness (QED) is 0.759. The van der Waals surface area contributed by atoms with E-state index in [1.54, 1.807) is 25.1 Å². The lowest BCUT2D eigenvalue weighted by Gasteiger charge is -2.11. The van der Waals surface area contributed by atoms with Crippen molar-refractivity contribution in [2.45, 2.75) is 6.92 Å². The molecule has 1 amide bonds. The maximum atomic E-state index is 12.2. The Labute approximate surface area is 125 Å². The fourth-order valence-electron chi connectivity index (χ4n) is 1.86. The molecule has 0 unspecified atom stereocenters. The van der Waals surface area contributed by atoms with E-state index in [-0.39, 0.29) is 17.0 Å². The molecule has 0 aliphatic rings. The van der Waals surface area contributed by atoms with Crippen LogP contribution in [0.4, 0.5) is 5.69 Å². The lowest BCUT2D eigenvalue weighted by atomic mass is 10.1. The van der Waals surface area contributed by atoms with Crippen molar-refractivity contribution in [2.75, 3.05) is 5.32 Å². The number of hydrogen-bond donors (Lipinski definition) is 3. The predicted octanol–water partition coefficient (Wildman–Crippen LogP) is 3.30. The molecule has 0 heterocycles. The molecule has 0 aromatic heterocycles. The van der Waals surface area contributed by atoms with Crippen molar-refractivity contribution in [3.05, 3.63) is 58.1 Å². The molecule has 21 heavy (non-hydrogen) atoms. The van der Waals surface area contributed by atoms with E-state index in [9.17, 15) is 14.7 Å². The number of carbonyl (C=O) groups excluding carboxylic acids is 1. The summed E-state index contributed by atoms with van der Waals surface area (Å²) in [7, 11) is 0. The molecule has 0 bridgehead atoms. The Morgan fingerprint density at radius 1 is 1.14 bits per heavy atom. The summed E-state index contributed by atoms with van der Waals surface area (Å²) in [5.74, 6) is -1.91. The first-order chi connectivity index (χ1) is 9.90. The SMILES string of the molecule is Cc1c(Cl)cccc1C(=O)Nc1ccc(O)cc1C(=O)O. The lowest BCUT2D eigenvalue weighted by molar-refractivity contribution is 0.0697. The molecule has 0 saturated heterocycles. The van der Waals surface area contributed by atoms with E-state index < -0.39 is 11.9 Å². The van der Waals surface area contributed by atoms with E-state index in [2.05, 4.69) is 5.32 Å². The number of nitrogens with one attached hydrogen (secondary N) is 1. The summed E-state index contributed by atoms with van der Waals surface area (Å²) in [5.41, 5.74) is 0.868. The molecular weight excluding hydrogens is 294 g/mol.